The maximum absolute atomic E-state index is 13.1. The predicted octanol–water partition coefficient (Wildman–Crippen LogP) is 4.30. The van der Waals surface area contributed by atoms with Gasteiger partial charge in [-0.2, -0.15) is 0 Å². The number of nitrogens with one attached hydrogen (secondary N) is 1. The molecule has 0 unspecified atom stereocenters. The van der Waals surface area contributed by atoms with Crippen LogP contribution in [0.15, 0.2) is 48.5 Å². The average molecular weight is 340 g/mol. The minimum atomic E-state index is -0.530. The number of esters is 1. The Kier molecular flexibility index (Phi) is 4.79. The third kappa shape index (κ3) is 3.68. The first-order valence-corrected chi connectivity index (χ1v) is 7.79. The molecule has 3 rings (SSSR count). The Balaban J connectivity index is 2.11. The van der Waals surface area contributed by atoms with Gasteiger partial charge in [0, 0.05) is 11.1 Å². The second-order valence-electron chi connectivity index (χ2n) is 5.29. The molecule has 0 saturated carbocycles. The molecular formula is C19H17FN2O3. The van der Waals surface area contributed by atoms with Crippen LogP contribution in [-0.2, 0) is 4.74 Å². The average Bonchev–Trinajstić information content (AvgIpc) is 2.63. The molecule has 0 aliphatic heterocycles. The van der Waals surface area contributed by atoms with Crippen LogP contribution in [-0.4, -0.2) is 24.7 Å². The number of nitrogens with zero attached hydrogens (tertiary/aromatic N) is 1. The van der Waals surface area contributed by atoms with Crippen LogP contribution in [0, 0.1) is 5.82 Å². The molecule has 0 spiro atoms. The second kappa shape index (κ2) is 7.17. The molecule has 0 aliphatic carbocycles. The number of fused-ring (bicyclic) bond motifs is 1. The summed E-state index contributed by atoms with van der Waals surface area (Å²) in [5.74, 6) is -0.151. The summed E-state index contributed by atoms with van der Waals surface area (Å²) in [6, 6.07) is 13.0. The first-order chi connectivity index (χ1) is 12.1. The van der Waals surface area contributed by atoms with E-state index in [-0.39, 0.29) is 11.5 Å². The van der Waals surface area contributed by atoms with Crippen LogP contribution in [0.3, 0.4) is 0 Å². The van der Waals surface area contributed by atoms with Crippen molar-refractivity contribution in [3.05, 3.63) is 60.0 Å². The fraction of sp³-hybridized carbons (Fsp3) is 0.158. The Labute approximate surface area is 144 Å². The van der Waals surface area contributed by atoms with Gasteiger partial charge < -0.3 is 14.8 Å². The van der Waals surface area contributed by atoms with Crippen molar-refractivity contribution in [3.63, 3.8) is 0 Å². The predicted molar refractivity (Wildman–Crippen MR) is 93.9 cm³/mol. The topological polar surface area (TPSA) is 60.5 Å². The van der Waals surface area contributed by atoms with Gasteiger partial charge in [0.2, 0.25) is 0 Å². The maximum Gasteiger partial charge on any atom is 0.356 e. The van der Waals surface area contributed by atoms with Gasteiger partial charge in [0.1, 0.15) is 11.6 Å². The fourth-order valence-electron chi connectivity index (χ4n) is 2.46. The van der Waals surface area contributed by atoms with Gasteiger partial charge in [-0.3, -0.25) is 0 Å². The van der Waals surface area contributed by atoms with Gasteiger partial charge in [-0.25, -0.2) is 14.2 Å². The van der Waals surface area contributed by atoms with Crippen molar-refractivity contribution in [2.75, 3.05) is 19.0 Å². The Morgan fingerprint density at radius 3 is 2.60 bits per heavy atom. The lowest BCUT2D eigenvalue weighted by molar-refractivity contribution is 0.0594. The largest absolute Gasteiger partial charge is 0.494 e. The number of halogens is 1. The molecule has 0 saturated heterocycles. The van der Waals surface area contributed by atoms with Gasteiger partial charge in [-0.1, -0.05) is 0 Å². The van der Waals surface area contributed by atoms with Crippen LogP contribution in [0.5, 0.6) is 5.75 Å². The van der Waals surface area contributed by atoms with E-state index in [2.05, 4.69) is 10.3 Å². The SMILES string of the molecule is CCOc1ccc2nc(C(=O)OC)cc(Nc3ccc(F)cc3)c2c1. The van der Waals surface area contributed by atoms with Crippen LogP contribution in [0.2, 0.25) is 0 Å². The number of anilines is 2. The van der Waals surface area contributed by atoms with Crippen molar-refractivity contribution in [2.24, 2.45) is 0 Å². The van der Waals surface area contributed by atoms with Crippen LogP contribution in [0.1, 0.15) is 17.4 Å². The van der Waals surface area contributed by atoms with Crippen molar-refractivity contribution in [1.29, 1.82) is 0 Å². The number of aromatic nitrogens is 1. The number of pyridine rings is 1. The normalized spacial score (nSPS) is 10.5. The highest BCUT2D eigenvalue weighted by molar-refractivity contribution is 5.99. The molecule has 128 valence electrons. The highest BCUT2D eigenvalue weighted by Gasteiger charge is 2.13. The van der Waals surface area contributed by atoms with Gasteiger partial charge in [-0.05, 0) is 55.5 Å². The summed E-state index contributed by atoms with van der Waals surface area (Å²) in [4.78, 5) is 16.2. The minimum Gasteiger partial charge on any atom is -0.494 e. The number of carbonyl (C=O) groups is 1. The summed E-state index contributed by atoms with van der Waals surface area (Å²) < 4.78 is 23.4. The molecule has 0 radical (unpaired) electrons. The molecule has 3 aromatic rings. The summed E-state index contributed by atoms with van der Waals surface area (Å²) in [6.07, 6.45) is 0. The number of hydrogen-bond donors (Lipinski definition) is 1. The zero-order valence-corrected chi connectivity index (χ0v) is 13.9. The summed E-state index contributed by atoms with van der Waals surface area (Å²) in [5, 5.41) is 3.97. The summed E-state index contributed by atoms with van der Waals surface area (Å²) in [6.45, 7) is 2.44. The van der Waals surface area contributed by atoms with E-state index in [1.807, 2.05) is 13.0 Å². The monoisotopic (exact) mass is 340 g/mol. The lowest BCUT2D eigenvalue weighted by Gasteiger charge is -2.13. The fourth-order valence-corrected chi connectivity index (χ4v) is 2.46. The number of ether oxygens (including phenoxy) is 2. The summed E-state index contributed by atoms with van der Waals surface area (Å²) in [7, 11) is 1.31. The molecular weight excluding hydrogens is 323 g/mol. The Morgan fingerprint density at radius 1 is 1.16 bits per heavy atom. The second-order valence-corrected chi connectivity index (χ2v) is 5.29. The van der Waals surface area contributed by atoms with E-state index in [1.54, 1.807) is 30.3 Å². The van der Waals surface area contributed by atoms with Crippen LogP contribution >= 0.6 is 0 Å². The molecule has 6 heteroatoms. The Morgan fingerprint density at radius 2 is 1.92 bits per heavy atom. The number of benzene rings is 2. The third-order valence-corrected chi connectivity index (χ3v) is 3.61. The molecule has 1 N–H and O–H groups in total. The minimum absolute atomic E-state index is 0.184. The van der Waals surface area contributed by atoms with Gasteiger partial charge in [0.25, 0.3) is 0 Å². The standard InChI is InChI=1S/C19H17FN2O3/c1-3-25-14-8-9-16-15(10-14)17(11-18(22-16)19(23)24-2)21-13-6-4-12(20)5-7-13/h4-11H,3H2,1-2H3,(H,21,22). The molecule has 5 nitrogen and oxygen atoms in total. The number of hydrogen-bond acceptors (Lipinski definition) is 5. The van der Waals surface area contributed by atoms with Crippen LogP contribution in [0.4, 0.5) is 15.8 Å². The highest BCUT2D eigenvalue weighted by Crippen LogP contribution is 2.30. The quantitative estimate of drug-likeness (QED) is 0.702. The summed E-state index contributed by atoms with van der Waals surface area (Å²) in [5.41, 5.74) is 2.14. The molecule has 0 fully saturated rings. The zero-order valence-electron chi connectivity index (χ0n) is 13.9. The van der Waals surface area contributed by atoms with E-state index < -0.39 is 5.97 Å². The Bertz CT molecular complexity index is 910. The molecule has 2 aromatic carbocycles. The summed E-state index contributed by atoms with van der Waals surface area (Å²) >= 11 is 0. The molecule has 1 aromatic heterocycles. The van der Waals surface area contributed by atoms with Gasteiger partial charge in [0.05, 0.1) is 24.9 Å². The van der Waals surface area contributed by atoms with E-state index in [0.717, 1.165) is 5.39 Å². The number of carbonyl (C=O) groups excluding carboxylic acids is 1. The van der Waals surface area contributed by atoms with Crippen molar-refractivity contribution in [1.82, 2.24) is 4.98 Å². The highest BCUT2D eigenvalue weighted by atomic mass is 19.1. The first-order valence-electron chi connectivity index (χ1n) is 7.79. The zero-order chi connectivity index (χ0) is 17.8. The van der Waals surface area contributed by atoms with Gasteiger partial charge >= 0.3 is 5.97 Å². The third-order valence-electron chi connectivity index (χ3n) is 3.61. The van der Waals surface area contributed by atoms with E-state index >= 15 is 0 Å². The smallest absolute Gasteiger partial charge is 0.356 e. The molecule has 0 bridgehead atoms. The number of rotatable bonds is 5. The lowest BCUT2D eigenvalue weighted by Crippen LogP contribution is -2.06. The van der Waals surface area contributed by atoms with Crippen LogP contribution in [0.25, 0.3) is 10.9 Å². The molecule has 0 aliphatic rings. The van der Waals surface area contributed by atoms with Gasteiger partial charge in [0.15, 0.2) is 5.69 Å². The maximum atomic E-state index is 13.1. The van der Waals surface area contributed by atoms with E-state index in [9.17, 15) is 9.18 Å². The molecule has 25 heavy (non-hydrogen) atoms. The van der Waals surface area contributed by atoms with Crippen molar-refractivity contribution >= 4 is 28.2 Å². The number of methoxy groups -OCH3 is 1. The van der Waals surface area contributed by atoms with E-state index in [1.165, 1.54) is 19.2 Å². The van der Waals surface area contributed by atoms with Crippen molar-refractivity contribution < 1.29 is 18.7 Å². The van der Waals surface area contributed by atoms with Gasteiger partial charge in [-0.15, -0.1) is 0 Å². The van der Waals surface area contributed by atoms with Crippen molar-refractivity contribution in [3.8, 4) is 5.75 Å². The van der Waals surface area contributed by atoms with Crippen molar-refractivity contribution in [2.45, 2.75) is 6.92 Å². The first kappa shape index (κ1) is 16.7. The van der Waals surface area contributed by atoms with E-state index in [0.29, 0.717) is 29.2 Å². The molecule has 0 atom stereocenters. The lowest BCUT2D eigenvalue weighted by atomic mass is 10.1. The molecule has 1 heterocycles. The van der Waals surface area contributed by atoms with E-state index in [4.69, 9.17) is 9.47 Å². The molecule has 0 amide bonds. The Hall–Kier alpha value is -3.15. The van der Waals surface area contributed by atoms with Crippen LogP contribution < -0.4 is 10.1 Å².